The Bertz CT molecular complexity index is 724. The topological polar surface area (TPSA) is 77.0 Å². The third-order valence-electron chi connectivity index (χ3n) is 4.41. The number of nitrogens with zero attached hydrogens (tertiary/aromatic N) is 3. The Balaban J connectivity index is 0.00000392. The molecule has 0 spiro atoms. The second-order valence-corrected chi connectivity index (χ2v) is 8.82. The van der Waals surface area contributed by atoms with Gasteiger partial charge in [-0.1, -0.05) is 23.7 Å². The van der Waals surface area contributed by atoms with E-state index in [4.69, 9.17) is 11.6 Å². The first kappa shape index (κ1) is 25.3. The molecule has 1 aliphatic heterocycles. The Hall–Kier alpha value is -0.780. The summed E-state index contributed by atoms with van der Waals surface area (Å²) in [5, 5.41) is 4.11. The summed E-state index contributed by atoms with van der Waals surface area (Å²) in [7, 11) is -3.13. The molecule has 0 amide bonds. The molecule has 0 atom stereocenters. The van der Waals surface area contributed by atoms with E-state index in [0.29, 0.717) is 19.5 Å². The summed E-state index contributed by atoms with van der Waals surface area (Å²) >= 11 is 6.31. The lowest BCUT2D eigenvalue weighted by atomic mass is 10.2. The highest BCUT2D eigenvalue weighted by Gasteiger charge is 2.20. The second kappa shape index (κ2) is 12.7. The summed E-state index contributed by atoms with van der Waals surface area (Å²) in [5.41, 5.74) is 1.07. The Morgan fingerprint density at radius 3 is 2.46 bits per heavy atom. The number of hydrogen-bond donors (Lipinski definition) is 2. The Morgan fingerprint density at radius 2 is 1.86 bits per heavy atom. The summed E-state index contributed by atoms with van der Waals surface area (Å²) in [6.45, 7) is 8.95. The zero-order valence-corrected chi connectivity index (χ0v) is 20.4. The van der Waals surface area contributed by atoms with Crippen LogP contribution in [0.2, 0.25) is 5.02 Å². The normalized spacial score (nSPS) is 15.3. The van der Waals surface area contributed by atoms with E-state index in [9.17, 15) is 8.42 Å². The van der Waals surface area contributed by atoms with E-state index >= 15 is 0 Å². The van der Waals surface area contributed by atoms with Gasteiger partial charge in [-0.15, -0.1) is 24.0 Å². The minimum Gasteiger partial charge on any atom is -0.367 e. The summed E-state index contributed by atoms with van der Waals surface area (Å²) < 4.78 is 25.4. The highest BCUT2D eigenvalue weighted by atomic mass is 127. The van der Waals surface area contributed by atoms with Crippen molar-refractivity contribution in [1.82, 2.24) is 14.9 Å². The van der Waals surface area contributed by atoms with E-state index in [1.807, 2.05) is 25.1 Å². The van der Waals surface area contributed by atoms with Gasteiger partial charge in [-0.25, -0.2) is 13.1 Å². The molecular weight excluding hydrogens is 513 g/mol. The van der Waals surface area contributed by atoms with Gasteiger partial charge in [-0.05, 0) is 32.4 Å². The number of rotatable bonds is 8. The SMILES string of the molecule is CCNC(=NCCCNS(=O)(=O)CC)N1CCN(c2ccccc2Cl)CC1.I. The largest absolute Gasteiger partial charge is 0.367 e. The van der Waals surface area contributed by atoms with Gasteiger partial charge in [-0.2, -0.15) is 0 Å². The predicted octanol–water partition coefficient (Wildman–Crippen LogP) is 2.37. The van der Waals surface area contributed by atoms with Gasteiger partial charge in [-0.3, -0.25) is 4.99 Å². The molecule has 1 heterocycles. The molecular formula is C18H31ClIN5O2S. The maximum atomic E-state index is 11.4. The Kier molecular flexibility index (Phi) is 11.5. The minimum absolute atomic E-state index is 0. The van der Waals surface area contributed by atoms with Crippen molar-refractivity contribution >= 4 is 57.2 Å². The van der Waals surface area contributed by atoms with Gasteiger partial charge in [0.15, 0.2) is 5.96 Å². The van der Waals surface area contributed by atoms with Gasteiger partial charge in [0, 0.05) is 45.8 Å². The molecule has 7 nitrogen and oxygen atoms in total. The van der Waals surface area contributed by atoms with Gasteiger partial charge in [0.1, 0.15) is 0 Å². The molecule has 0 bridgehead atoms. The number of benzene rings is 1. The van der Waals surface area contributed by atoms with E-state index in [1.165, 1.54) is 0 Å². The first-order valence-electron chi connectivity index (χ1n) is 9.47. The summed E-state index contributed by atoms with van der Waals surface area (Å²) in [6, 6.07) is 7.92. The molecule has 2 rings (SSSR count). The lowest BCUT2D eigenvalue weighted by Crippen LogP contribution is -2.52. The standard InChI is InChI=1S/C18H30ClN5O2S.HI/c1-3-20-18(21-10-7-11-22-27(25,26)4-2)24-14-12-23(13-15-24)17-9-6-5-8-16(17)19;/h5-6,8-9,22H,3-4,7,10-15H2,1-2H3,(H,20,21);1H. The van der Waals surface area contributed by atoms with Gasteiger partial charge in [0.05, 0.1) is 16.5 Å². The molecule has 2 N–H and O–H groups in total. The smallest absolute Gasteiger partial charge is 0.211 e. The Morgan fingerprint density at radius 1 is 1.18 bits per heavy atom. The van der Waals surface area contributed by atoms with Crippen LogP contribution in [0.1, 0.15) is 20.3 Å². The molecule has 160 valence electrons. The fourth-order valence-electron chi connectivity index (χ4n) is 2.89. The molecule has 0 saturated carbocycles. The van der Waals surface area contributed by atoms with Gasteiger partial charge in [0.2, 0.25) is 10.0 Å². The lowest BCUT2D eigenvalue weighted by Gasteiger charge is -2.38. The molecule has 0 aliphatic carbocycles. The molecule has 0 radical (unpaired) electrons. The van der Waals surface area contributed by atoms with Crippen LogP contribution in [0.5, 0.6) is 0 Å². The number of anilines is 1. The first-order chi connectivity index (χ1) is 13.0. The van der Waals surface area contributed by atoms with Crippen molar-refractivity contribution in [3.63, 3.8) is 0 Å². The molecule has 1 aromatic carbocycles. The molecule has 10 heteroatoms. The zero-order valence-electron chi connectivity index (χ0n) is 16.5. The van der Waals surface area contributed by atoms with Crippen LogP contribution in [0.3, 0.4) is 0 Å². The van der Waals surface area contributed by atoms with Gasteiger partial charge >= 0.3 is 0 Å². The molecule has 0 unspecified atom stereocenters. The van der Waals surface area contributed by atoms with E-state index in [-0.39, 0.29) is 29.7 Å². The number of nitrogens with one attached hydrogen (secondary N) is 2. The van der Waals surface area contributed by atoms with Crippen LogP contribution >= 0.6 is 35.6 Å². The predicted molar refractivity (Wildman–Crippen MR) is 129 cm³/mol. The van der Waals surface area contributed by atoms with E-state index in [1.54, 1.807) is 6.92 Å². The van der Waals surface area contributed by atoms with Crippen LogP contribution < -0.4 is 14.9 Å². The van der Waals surface area contributed by atoms with E-state index in [2.05, 4.69) is 30.9 Å². The average Bonchev–Trinajstić information content (AvgIpc) is 2.67. The van der Waals surface area contributed by atoms with Crippen molar-refractivity contribution < 1.29 is 8.42 Å². The number of aliphatic imine (C=N–C) groups is 1. The van der Waals surface area contributed by atoms with Crippen LogP contribution in [-0.4, -0.2) is 70.8 Å². The monoisotopic (exact) mass is 543 g/mol. The lowest BCUT2D eigenvalue weighted by molar-refractivity contribution is 0.372. The molecule has 1 aliphatic rings. The van der Waals surface area contributed by atoms with Crippen molar-refractivity contribution in [2.45, 2.75) is 20.3 Å². The fourth-order valence-corrected chi connectivity index (χ4v) is 3.80. The van der Waals surface area contributed by atoms with Crippen molar-refractivity contribution in [2.24, 2.45) is 4.99 Å². The van der Waals surface area contributed by atoms with Crippen molar-refractivity contribution in [1.29, 1.82) is 0 Å². The molecule has 1 aromatic rings. The van der Waals surface area contributed by atoms with Crippen LogP contribution in [0.4, 0.5) is 5.69 Å². The molecule has 28 heavy (non-hydrogen) atoms. The number of piperazine rings is 1. The van der Waals surface area contributed by atoms with Crippen LogP contribution in [-0.2, 0) is 10.0 Å². The minimum atomic E-state index is -3.13. The van der Waals surface area contributed by atoms with Crippen molar-refractivity contribution in [3.8, 4) is 0 Å². The van der Waals surface area contributed by atoms with Crippen molar-refractivity contribution in [2.75, 3.05) is 56.5 Å². The van der Waals surface area contributed by atoms with Crippen molar-refractivity contribution in [3.05, 3.63) is 29.3 Å². The van der Waals surface area contributed by atoms with Gasteiger partial charge in [0.25, 0.3) is 0 Å². The third-order valence-corrected chi connectivity index (χ3v) is 6.13. The Labute approximate surface area is 191 Å². The number of halogens is 2. The summed E-state index contributed by atoms with van der Waals surface area (Å²) in [4.78, 5) is 9.19. The average molecular weight is 544 g/mol. The van der Waals surface area contributed by atoms with Gasteiger partial charge < -0.3 is 15.1 Å². The van der Waals surface area contributed by atoms with E-state index in [0.717, 1.165) is 49.4 Å². The molecule has 1 fully saturated rings. The second-order valence-electron chi connectivity index (χ2n) is 6.31. The third kappa shape index (κ3) is 7.92. The molecule has 0 aromatic heterocycles. The number of guanidine groups is 1. The summed E-state index contributed by atoms with van der Waals surface area (Å²) in [6.07, 6.45) is 0.674. The zero-order chi connectivity index (χ0) is 19.7. The number of hydrogen-bond acceptors (Lipinski definition) is 4. The highest BCUT2D eigenvalue weighted by molar-refractivity contribution is 14.0. The fraction of sp³-hybridized carbons (Fsp3) is 0.611. The molecule has 1 saturated heterocycles. The maximum Gasteiger partial charge on any atom is 0.211 e. The quantitative estimate of drug-likeness (QED) is 0.228. The van der Waals surface area contributed by atoms with E-state index < -0.39 is 10.0 Å². The first-order valence-corrected chi connectivity index (χ1v) is 11.5. The number of para-hydroxylation sites is 1. The van der Waals surface area contributed by atoms with Crippen LogP contribution in [0, 0.1) is 0 Å². The number of sulfonamides is 1. The maximum absolute atomic E-state index is 11.4. The van der Waals surface area contributed by atoms with Crippen LogP contribution in [0.15, 0.2) is 29.3 Å². The van der Waals surface area contributed by atoms with Crippen LogP contribution in [0.25, 0.3) is 0 Å². The summed E-state index contributed by atoms with van der Waals surface area (Å²) in [5.74, 6) is 0.990. The highest BCUT2D eigenvalue weighted by Crippen LogP contribution is 2.25.